The van der Waals surface area contributed by atoms with Crippen LogP contribution in [0, 0.1) is 0 Å². The van der Waals surface area contributed by atoms with Crippen LogP contribution in [-0.2, 0) is 0 Å². The second kappa shape index (κ2) is 4.42. The molecule has 2 nitrogen and oxygen atoms in total. The van der Waals surface area contributed by atoms with Crippen LogP contribution in [0.25, 0.3) is 11.1 Å². The van der Waals surface area contributed by atoms with Crippen LogP contribution >= 0.6 is 12.2 Å². The molecule has 0 radical (unpaired) electrons. The van der Waals surface area contributed by atoms with Gasteiger partial charge in [-0.2, -0.15) is 0 Å². The second-order valence-corrected chi connectivity index (χ2v) is 4.77. The van der Waals surface area contributed by atoms with Gasteiger partial charge >= 0.3 is 0 Å². The maximum absolute atomic E-state index is 5.73. The number of hydrogen-bond donors (Lipinski definition) is 1. The Morgan fingerprint density at radius 1 is 1.06 bits per heavy atom. The first kappa shape index (κ1) is 11.2. The van der Waals surface area contributed by atoms with Crippen LogP contribution < -0.4 is 10.1 Å². The standard InChI is InChI=1S/C15H13NOS/c1-10-15(18)16-13-9-12(7-8-14(13)17-10)11-5-3-2-4-6-11/h2-10H,1H3,(H,16,18). The van der Waals surface area contributed by atoms with Crippen molar-refractivity contribution < 1.29 is 4.74 Å². The van der Waals surface area contributed by atoms with Gasteiger partial charge in [-0.25, -0.2) is 0 Å². The van der Waals surface area contributed by atoms with Crippen molar-refractivity contribution in [3.05, 3.63) is 48.5 Å². The van der Waals surface area contributed by atoms with Crippen molar-refractivity contribution in [2.24, 2.45) is 0 Å². The minimum atomic E-state index is -0.0601. The van der Waals surface area contributed by atoms with Gasteiger partial charge < -0.3 is 10.1 Å². The number of fused-ring (bicyclic) bond motifs is 1. The molecule has 0 aromatic heterocycles. The van der Waals surface area contributed by atoms with Gasteiger partial charge in [-0.05, 0) is 30.2 Å². The summed E-state index contributed by atoms with van der Waals surface area (Å²) < 4.78 is 5.73. The fraction of sp³-hybridized carbons (Fsp3) is 0.133. The number of ether oxygens (including phenoxy) is 1. The summed E-state index contributed by atoms with van der Waals surface area (Å²) in [6.45, 7) is 1.95. The third-order valence-corrected chi connectivity index (χ3v) is 3.45. The highest BCUT2D eigenvalue weighted by molar-refractivity contribution is 7.80. The molecule has 1 heterocycles. The Labute approximate surface area is 112 Å². The predicted octanol–water partition coefficient (Wildman–Crippen LogP) is 3.87. The lowest BCUT2D eigenvalue weighted by Gasteiger charge is -2.25. The topological polar surface area (TPSA) is 21.3 Å². The molecule has 2 aromatic rings. The summed E-state index contributed by atoms with van der Waals surface area (Å²) in [4.78, 5) is 0.729. The third kappa shape index (κ3) is 1.97. The molecule has 3 rings (SSSR count). The zero-order chi connectivity index (χ0) is 12.5. The Bertz CT molecular complexity index is 595. The SMILES string of the molecule is CC1Oc2ccc(-c3ccccc3)cc2NC1=S. The second-order valence-electron chi connectivity index (χ2n) is 4.33. The van der Waals surface area contributed by atoms with E-state index in [2.05, 4.69) is 29.6 Å². The maximum Gasteiger partial charge on any atom is 0.146 e. The number of benzene rings is 2. The van der Waals surface area contributed by atoms with Crippen molar-refractivity contribution in [3.63, 3.8) is 0 Å². The predicted molar refractivity (Wildman–Crippen MR) is 78.2 cm³/mol. The van der Waals surface area contributed by atoms with Crippen LogP contribution in [0.15, 0.2) is 48.5 Å². The van der Waals surface area contributed by atoms with E-state index in [9.17, 15) is 0 Å². The summed E-state index contributed by atoms with van der Waals surface area (Å²) in [5, 5.41) is 3.23. The Morgan fingerprint density at radius 2 is 1.83 bits per heavy atom. The molecule has 0 aliphatic carbocycles. The van der Waals surface area contributed by atoms with Crippen molar-refractivity contribution in [2.45, 2.75) is 13.0 Å². The number of hydrogen-bond acceptors (Lipinski definition) is 2. The minimum absolute atomic E-state index is 0.0601. The van der Waals surface area contributed by atoms with Crippen LogP contribution in [0.2, 0.25) is 0 Å². The molecule has 1 aliphatic heterocycles. The van der Waals surface area contributed by atoms with Gasteiger partial charge in [-0.1, -0.05) is 48.6 Å². The largest absolute Gasteiger partial charge is 0.481 e. The van der Waals surface area contributed by atoms with E-state index in [0.29, 0.717) is 0 Å². The van der Waals surface area contributed by atoms with Crippen molar-refractivity contribution >= 4 is 22.9 Å². The number of anilines is 1. The quantitative estimate of drug-likeness (QED) is 0.781. The van der Waals surface area contributed by atoms with Gasteiger partial charge in [0, 0.05) is 0 Å². The molecule has 0 bridgehead atoms. The van der Waals surface area contributed by atoms with Crippen molar-refractivity contribution in [3.8, 4) is 16.9 Å². The zero-order valence-corrected chi connectivity index (χ0v) is 10.8. The lowest BCUT2D eigenvalue weighted by Crippen LogP contribution is -2.32. The van der Waals surface area contributed by atoms with E-state index < -0.39 is 0 Å². The summed E-state index contributed by atoms with van der Waals surface area (Å²) in [5.41, 5.74) is 3.29. The van der Waals surface area contributed by atoms with Gasteiger partial charge in [0.25, 0.3) is 0 Å². The summed E-state index contributed by atoms with van der Waals surface area (Å²) in [6, 6.07) is 16.4. The molecule has 3 heteroatoms. The highest BCUT2D eigenvalue weighted by Gasteiger charge is 2.20. The number of rotatable bonds is 1. The molecule has 2 aromatic carbocycles. The first-order valence-electron chi connectivity index (χ1n) is 5.91. The molecule has 0 fully saturated rings. The number of thiocarbonyl (C=S) groups is 1. The average Bonchev–Trinajstić information content (AvgIpc) is 2.41. The van der Waals surface area contributed by atoms with Crippen LogP contribution in [-0.4, -0.2) is 11.1 Å². The third-order valence-electron chi connectivity index (χ3n) is 3.02. The van der Waals surface area contributed by atoms with Gasteiger partial charge in [0.1, 0.15) is 16.8 Å². The molecule has 1 atom stereocenters. The van der Waals surface area contributed by atoms with Gasteiger partial charge in [0.2, 0.25) is 0 Å². The lowest BCUT2D eigenvalue weighted by atomic mass is 10.0. The summed E-state index contributed by atoms with van der Waals surface area (Å²) in [6.07, 6.45) is -0.0601. The van der Waals surface area contributed by atoms with Crippen LogP contribution in [0.1, 0.15) is 6.92 Å². The molecule has 1 unspecified atom stereocenters. The molecule has 1 N–H and O–H groups in total. The zero-order valence-electron chi connectivity index (χ0n) is 10.0. The normalized spacial score (nSPS) is 17.6. The van der Waals surface area contributed by atoms with E-state index in [1.54, 1.807) is 0 Å². The monoisotopic (exact) mass is 255 g/mol. The van der Waals surface area contributed by atoms with Crippen LogP contribution in [0.3, 0.4) is 0 Å². The van der Waals surface area contributed by atoms with E-state index in [-0.39, 0.29) is 6.10 Å². The maximum atomic E-state index is 5.73. The van der Waals surface area contributed by atoms with E-state index in [1.165, 1.54) is 5.56 Å². The van der Waals surface area contributed by atoms with Crippen LogP contribution in [0.5, 0.6) is 5.75 Å². The molecular formula is C15H13NOS. The Morgan fingerprint density at radius 3 is 2.61 bits per heavy atom. The van der Waals surface area contributed by atoms with Crippen LogP contribution in [0.4, 0.5) is 5.69 Å². The molecule has 0 spiro atoms. The highest BCUT2D eigenvalue weighted by atomic mass is 32.1. The van der Waals surface area contributed by atoms with Gasteiger partial charge in [0.05, 0.1) is 5.69 Å². The van der Waals surface area contributed by atoms with E-state index >= 15 is 0 Å². The molecule has 0 amide bonds. The van der Waals surface area contributed by atoms with E-state index in [0.717, 1.165) is 22.0 Å². The summed E-state index contributed by atoms with van der Waals surface area (Å²) in [5.74, 6) is 0.857. The molecule has 90 valence electrons. The Kier molecular flexibility index (Phi) is 2.76. The summed E-state index contributed by atoms with van der Waals surface area (Å²) in [7, 11) is 0. The fourth-order valence-corrected chi connectivity index (χ4v) is 2.18. The smallest absolute Gasteiger partial charge is 0.146 e. The average molecular weight is 255 g/mol. The molecule has 0 saturated heterocycles. The fourth-order valence-electron chi connectivity index (χ4n) is 2.02. The minimum Gasteiger partial charge on any atom is -0.481 e. The van der Waals surface area contributed by atoms with E-state index in [1.807, 2.05) is 31.2 Å². The first-order chi connectivity index (χ1) is 8.74. The lowest BCUT2D eigenvalue weighted by molar-refractivity contribution is 0.286. The Hall–Kier alpha value is -1.87. The molecule has 18 heavy (non-hydrogen) atoms. The first-order valence-corrected chi connectivity index (χ1v) is 6.32. The van der Waals surface area contributed by atoms with Crippen molar-refractivity contribution in [2.75, 3.05) is 5.32 Å². The van der Waals surface area contributed by atoms with Crippen molar-refractivity contribution in [1.82, 2.24) is 0 Å². The van der Waals surface area contributed by atoms with E-state index in [4.69, 9.17) is 17.0 Å². The van der Waals surface area contributed by atoms with Gasteiger partial charge in [-0.3, -0.25) is 0 Å². The molecule has 0 saturated carbocycles. The molecular weight excluding hydrogens is 242 g/mol. The molecule has 1 aliphatic rings. The highest BCUT2D eigenvalue weighted by Crippen LogP contribution is 2.34. The summed E-state index contributed by atoms with van der Waals surface area (Å²) >= 11 is 5.23. The Balaban J connectivity index is 2.02. The van der Waals surface area contributed by atoms with Gasteiger partial charge in [0.15, 0.2) is 0 Å². The van der Waals surface area contributed by atoms with Crippen molar-refractivity contribution in [1.29, 1.82) is 0 Å². The number of nitrogens with one attached hydrogen (secondary N) is 1. The van der Waals surface area contributed by atoms with Gasteiger partial charge in [-0.15, -0.1) is 0 Å².